The number of aliphatic hydroxyl groups excluding tert-OH is 1. The number of fused-ring (bicyclic) bond motifs is 1. The van der Waals surface area contributed by atoms with Gasteiger partial charge in [0.25, 0.3) is 5.91 Å². The van der Waals surface area contributed by atoms with Crippen molar-refractivity contribution < 1.29 is 14.6 Å². The topological polar surface area (TPSA) is 58.6 Å². The molecule has 0 radical (unpaired) electrons. The van der Waals surface area contributed by atoms with Crippen LogP contribution >= 0.6 is 11.6 Å². The number of carbonyl (C=O) groups is 1. The van der Waals surface area contributed by atoms with Gasteiger partial charge in [-0.15, -0.1) is 0 Å². The summed E-state index contributed by atoms with van der Waals surface area (Å²) in [5, 5.41) is 12.8. The number of ether oxygens (including phenoxy) is 1. The molecule has 0 unspecified atom stereocenters. The third kappa shape index (κ3) is 1.99. The largest absolute Gasteiger partial charge is 0.482 e. The molecule has 0 bridgehead atoms. The number of aliphatic hydroxyl groups is 1. The molecule has 0 saturated heterocycles. The van der Waals surface area contributed by atoms with Crippen LogP contribution in [0.5, 0.6) is 5.75 Å². The number of hydrogen-bond donors (Lipinski definition) is 2. The zero-order chi connectivity index (χ0) is 11.7. The van der Waals surface area contributed by atoms with Crippen molar-refractivity contribution in [2.75, 3.05) is 11.9 Å². The summed E-state index contributed by atoms with van der Waals surface area (Å²) in [4.78, 5) is 11.1. The molecule has 0 fully saturated rings. The highest BCUT2D eigenvalue weighted by molar-refractivity contribution is 6.32. The van der Waals surface area contributed by atoms with Gasteiger partial charge in [-0.1, -0.05) is 18.5 Å². The first-order chi connectivity index (χ1) is 7.61. The van der Waals surface area contributed by atoms with Crippen molar-refractivity contribution in [2.24, 2.45) is 0 Å². The second-order valence-electron chi connectivity index (χ2n) is 3.63. The van der Waals surface area contributed by atoms with Crippen LogP contribution in [0.4, 0.5) is 5.69 Å². The molecule has 0 saturated carbocycles. The summed E-state index contributed by atoms with van der Waals surface area (Å²) in [6.07, 6.45) is -0.0377. The van der Waals surface area contributed by atoms with Crippen molar-refractivity contribution in [2.45, 2.75) is 19.4 Å². The van der Waals surface area contributed by atoms with E-state index in [1.165, 1.54) is 0 Å². The zero-order valence-corrected chi connectivity index (χ0v) is 9.54. The highest BCUT2D eigenvalue weighted by Crippen LogP contribution is 2.36. The number of amides is 1. The van der Waals surface area contributed by atoms with E-state index in [2.05, 4.69) is 5.32 Å². The maximum absolute atomic E-state index is 11.1. The second kappa shape index (κ2) is 4.31. The molecule has 0 aromatic heterocycles. The third-order valence-electron chi connectivity index (χ3n) is 2.48. The van der Waals surface area contributed by atoms with E-state index in [4.69, 9.17) is 16.3 Å². The van der Waals surface area contributed by atoms with Crippen LogP contribution in [-0.2, 0) is 4.79 Å². The van der Waals surface area contributed by atoms with Crippen LogP contribution in [0.3, 0.4) is 0 Å². The highest BCUT2D eigenvalue weighted by atomic mass is 35.5. The molecule has 5 heteroatoms. The Morgan fingerprint density at radius 3 is 3.06 bits per heavy atom. The lowest BCUT2D eigenvalue weighted by Gasteiger charge is -2.20. The highest BCUT2D eigenvalue weighted by Gasteiger charge is 2.20. The van der Waals surface area contributed by atoms with Crippen molar-refractivity contribution in [3.63, 3.8) is 0 Å². The van der Waals surface area contributed by atoms with Gasteiger partial charge >= 0.3 is 0 Å². The predicted octanol–water partition coefficient (Wildman–Crippen LogP) is 2.11. The summed E-state index contributed by atoms with van der Waals surface area (Å²) in [6, 6.07) is 3.27. The van der Waals surface area contributed by atoms with Crippen LogP contribution in [0.25, 0.3) is 0 Å². The standard InChI is InChI=1S/C11H12ClNO3/c1-2-9(14)6-3-10-8(4-7(6)12)13-11(15)5-16-10/h3-4,9,14H,2,5H2,1H3,(H,13,15)/t9-/m0/s1. The molecule has 1 atom stereocenters. The maximum Gasteiger partial charge on any atom is 0.262 e. The number of rotatable bonds is 2. The first kappa shape index (κ1) is 11.2. The molecule has 1 aromatic carbocycles. The van der Waals surface area contributed by atoms with E-state index < -0.39 is 6.10 Å². The Bertz CT molecular complexity index is 433. The van der Waals surface area contributed by atoms with E-state index in [0.29, 0.717) is 28.4 Å². The number of carbonyl (C=O) groups excluding carboxylic acids is 1. The minimum atomic E-state index is -0.612. The molecule has 2 N–H and O–H groups in total. The quantitative estimate of drug-likeness (QED) is 0.834. The Morgan fingerprint density at radius 2 is 2.38 bits per heavy atom. The summed E-state index contributed by atoms with van der Waals surface area (Å²) in [5.41, 5.74) is 1.17. The van der Waals surface area contributed by atoms with Gasteiger partial charge in [0.1, 0.15) is 5.75 Å². The van der Waals surface area contributed by atoms with Gasteiger partial charge in [0, 0.05) is 10.6 Å². The van der Waals surface area contributed by atoms with Gasteiger partial charge in [-0.25, -0.2) is 0 Å². The van der Waals surface area contributed by atoms with Gasteiger partial charge in [0.15, 0.2) is 6.61 Å². The van der Waals surface area contributed by atoms with Gasteiger partial charge in [-0.3, -0.25) is 4.79 Å². The first-order valence-electron chi connectivity index (χ1n) is 5.06. The fraction of sp³-hybridized carbons (Fsp3) is 0.364. The van der Waals surface area contributed by atoms with E-state index >= 15 is 0 Å². The monoisotopic (exact) mass is 241 g/mol. The molecule has 1 heterocycles. The van der Waals surface area contributed by atoms with Gasteiger partial charge in [0.2, 0.25) is 0 Å². The van der Waals surface area contributed by atoms with Crippen LogP contribution < -0.4 is 10.1 Å². The Morgan fingerprint density at radius 1 is 1.62 bits per heavy atom. The predicted molar refractivity (Wildman–Crippen MR) is 60.8 cm³/mol. The van der Waals surface area contributed by atoms with Crippen molar-refractivity contribution in [3.05, 3.63) is 22.7 Å². The van der Waals surface area contributed by atoms with Crippen molar-refractivity contribution in [1.82, 2.24) is 0 Å². The smallest absolute Gasteiger partial charge is 0.262 e. The van der Waals surface area contributed by atoms with Gasteiger partial charge in [-0.2, -0.15) is 0 Å². The molecular weight excluding hydrogens is 230 g/mol. The summed E-state index contributed by atoms with van der Waals surface area (Å²) in [7, 11) is 0. The molecule has 16 heavy (non-hydrogen) atoms. The molecule has 2 rings (SSSR count). The van der Waals surface area contributed by atoms with Crippen LogP contribution in [0, 0.1) is 0 Å². The number of halogens is 1. The number of hydrogen-bond acceptors (Lipinski definition) is 3. The first-order valence-corrected chi connectivity index (χ1v) is 5.43. The summed E-state index contributed by atoms with van der Waals surface area (Å²) in [6.45, 7) is 1.86. The number of nitrogens with one attached hydrogen (secondary N) is 1. The van der Waals surface area contributed by atoms with E-state index in [9.17, 15) is 9.90 Å². The van der Waals surface area contributed by atoms with Gasteiger partial charge < -0.3 is 15.2 Å². The lowest BCUT2D eigenvalue weighted by molar-refractivity contribution is -0.118. The average molecular weight is 242 g/mol. The molecule has 1 aliphatic rings. The molecule has 0 aliphatic carbocycles. The number of anilines is 1. The SMILES string of the molecule is CC[C@H](O)c1cc2c(cc1Cl)NC(=O)CO2. The van der Waals surface area contributed by atoms with Crippen molar-refractivity contribution in [1.29, 1.82) is 0 Å². The Kier molecular flexibility index (Phi) is 3.03. The van der Waals surface area contributed by atoms with E-state index in [0.717, 1.165) is 0 Å². The van der Waals surface area contributed by atoms with Crippen molar-refractivity contribution >= 4 is 23.2 Å². The Balaban J connectivity index is 2.41. The van der Waals surface area contributed by atoms with Crippen LogP contribution in [0.15, 0.2) is 12.1 Å². The Labute approximate surface area is 98.2 Å². The molecule has 1 aromatic rings. The normalized spacial score (nSPS) is 16.1. The van der Waals surface area contributed by atoms with E-state index in [-0.39, 0.29) is 12.5 Å². The molecule has 4 nitrogen and oxygen atoms in total. The van der Waals surface area contributed by atoms with Crippen molar-refractivity contribution in [3.8, 4) is 5.75 Å². The van der Waals surface area contributed by atoms with Gasteiger partial charge in [0.05, 0.1) is 11.8 Å². The Hall–Kier alpha value is -1.26. The lowest BCUT2D eigenvalue weighted by Crippen LogP contribution is -2.25. The van der Waals surface area contributed by atoms with Crippen LogP contribution in [0.2, 0.25) is 5.02 Å². The van der Waals surface area contributed by atoms with E-state index in [1.807, 2.05) is 6.92 Å². The molecular formula is C11H12ClNO3. The summed E-state index contributed by atoms with van der Waals surface area (Å²) in [5.74, 6) is 0.346. The number of benzene rings is 1. The van der Waals surface area contributed by atoms with Crippen LogP contribution in [0.1, 0.15) is 25.0 Å². The minimum absolute atomic E-state index is 0.00368. The second-order valence-corrected chi connectivity index (χ2v) is 4.04. The lowest BCUT2D eigenvalue weighted by atomic mass is 10.1. The minimum Gasteiger partial charge on any atom is -0.482 e. The third-order valence-corrected chi connectivity index (χ3v) is 2.80. The molecule has 1 amide bonds. The average Bonchev–Trinajstić information content (AvgIpc) is 2.27. The fourth-order valence-electron chi connectivity index (χ4n) is 1.59. The molecule has 1 aliphatic heterocycles. The van der Waals surface area contributed by atoms with Crippen LogP contribution in [-0.4, -0.2) is 17.6 Å². The summed E-state index contributed by atoms with van der Waals surface area (Å²) >= 11 is 6.02. The zero-order valence-electron chi connectivity index (χ0n) is 8.79. The fourth-order valence-corrected chi connectivity index (χ4v) is 1.88. The molecule has 86 valence electrons. The summed E-state index contributed by atoms with van der Waals surface area (Å²) < 4.78 is 5.24. The van der Waals surface area contributed by atoms with Gasteiger partial charge in [-0.05, 0) is 18.6 Å². The maximum atomic E-state index is 11.1. The molecule has 0 spiro atoms. The van der Waals surface area contributed by atoms with E-state index in [1.54, 1.807) is 12.1 Å².